The van der Waals surface area contributed by atoms with Crippen molar-refractivity contribution in [1.82, 2.24) is 9.13 Å². The maximum atomic E-state index is 14.1. The summed E-state index contributed by atoms with van der Waals surface area (Å²) in [7, 11) is 5.27. The van der Waals surface area contributed by atoms with Crippen LogP contribution in [0, 0.1) is 13.8 Å². The molecule has 10 heteroatoms. The largest absolute Gasteiger partial charge is 0.465 e. The Bertz CT molecular complexity index is 1930. The summed E-state index contributed by atoms with van der Waals surface area (Å²) in [6.07, 6.45) is 1.88. The van der Waals surface area contributed by atoms with Crippen LogP contribution in [-0.2, 0) is 14.3 Å². The van der Waals surface area contributed by atoms with Gasteiger partial charge in [0.1, 0.15) is 0 Å². The van der Waals surface area contributed by atoms with Gasteiger partial charge in [0.25, 0.3) is 5.56 Å². The van der Waals surface area contributed by atoms with Crippen LogP contribution in [0.3, 0.4) is 0 Å². The van der Waals surface area contributed by atoms with Gasteiger partial charge >= 0.3 is 11.9 Å². The highest BCUT2D eigenvalue weighted by atomic mass is 32.1. The summed E-state index contributed by atoms with van der Waals surface area (Å²) in [5, 5.41) is 0. The monoisotopic (exact) mass is 598 g/mol. The fraction of sp³-hybridized carbons (Fsp3) is 0.273. The first-order valence-electron chi connectivity index (χ1n) is 13.9. The van der Waals surface area contributed by atoms with Gasteiger partial charge in [0.05, 0.1) is 41.1 Å². The van der Waals surface area contributed by atoms with Crippen LogP contribution in [0.5, 0.6) is 0 Å². The number of carbonyl (C=O) groups is 2. The van der Waals surface area contributed by atoms with Gasteiger partial charge in [0.2, 0.25) is 0 Å². The molecule has 5 rings (SSSR count). The molecule has 0 aliphatic carbocycles. The summed E-state index contributed by atoms with van der Waals surface area (Å²) < 4.78 is 14.4. The maximum Gasteiger partial charge on any atom is 0.338 e. The number of benzene rings is 2. The van der Waals surface area contributed by atoms with Crippen molar-refractivity contribution in [2.75, 3.05) is 32.7 Å². The minimum Gasteiger partial charge on any atom is -0.465 e. The number of aryl methyl sites for hydroxylation is 1. The third-order valence-corrected chi connectivity index (χ3v) is 8.53. The summed E-state index contributed by atoms with van der Waals surface area (Å²) in [4.78, 5) is 46.3. The molecule has 2 aromatic carbocycles. The zero-order chi connectivity index (χ0) is 31.0. The van der Waals surface area contributed by atoms with Gasteiger partial charge in [-0.05, 0) is 87.4 Å². The first-order valence-corrected chi connectivity index (χ1v) is 14.7. The van der Waals surface area contributed by atoms with Gasteiger partial charge in [-0.2, -0.15) is 0 Å². The standard InChI is InChI=1S/C33H34N4O5S/c1-8-42-32(40)28-20(3)34-33-37(29(28)22-9-13-25(14-10-22)35(5)6)30(38)27(43-33)18-24-17-19(2)36(21(24)4)26-15-11-23(12-16-26)31(39)41-7/h9-18,29H,8H2,1-7H3/b27-18+/t29-/m1/s1. The number of esters is 2. The Labute approximate surface area is 253 Å². The minimum atomic E-state index is -0.672. The molecule has 0 saturated heterocycles. The normalized spacial score (nSPS) is 14.8. The van der Waals surface area contributed by atoms with E-state index >= 15 is 0 Å². The summed E-state index contributed by atoms with van der Waals surface area (Å²) >= 11 is 1.29. The molecule has 1 aliphatic rings. The molecule has 0 unspecified atom stereocenters. The zero-order valence-electron chi connectivity index (χ0n) is 25.3. The molecule has 1 aliphatic heterocycles. The van der Waals surface area contributed by atoms with Crippen molar-refractivity contribution in [3.05, 3.63) is 114 Å². The van der Waals surface area contributed by atoms with Crippen molar-refractivity contribution >= 4 is 35.0 Å². The number of methoxy groups -OCH3 is 1. The van der Waals surface area contributed by atoms with E-state index in [1.165, 1.54) is 18.4 Å². The predicted molar refractivity (Wildman–Crippen MR) is 168 cm³/mol. The quantitative estimate of drug-likeness (QED) is 0.298. The van der Waals surface area contributed by atoms with Gasteiger partial charge in [-0.25, -0.2) is 14.6 Å². The van der Waals surface area contributed by atoms with Crippen molar-refractivity contribution in [2.45, 2.75) is 33.7 Å². The molecule has 0 amide bonds. The van der Waals surface area contributed by atoms with Crippen LogP contribution in [0.15, 0.2) is 75.7 Å². The molecule has 43 heavy (non-hydrogen) atoms. The van der Waals surface area contributed by atoms with E-state index < -0.39 is 18.0 Å². The molecule has 2 aromatic heterocycles. The number of hydrogen-bond donors (Lipinski definition) is 0. The SMILES string of the molecule is CCOC(=O)C1=C(C)N=c2s/c(=C/c3cc(C)n(-c4ccc(C(=O)OC)cc4)c3C)c(=O)n2[C@@H]1c1ccc(N(C)C)cc1. The molecule has 0 N–H and O–H groups in total. The second-order valence-corrected chi connectivity index (χ2v) is 11.5. The van der Waals surface area contributed by atoms with Crippen LogP contribution in [0.4, 0.5) is 5.69 Å². The first-order chi connectivity index (χ1) is 20.5. The molecule has 222 valence electrons. The highest BCUT2D eigenvalue weighted by Gasteiger charge is 2.33. The van der Waals surface area contributed by atoms with Crippen LogP contribution < -0.4 is 19.8 Å². The van der Waals surface area contributed by atoms with E-state index in [1.54, 1.807) is 30.5 Å². The lowest BCUT2D eigenvalue weighted by atomic mass is 9.95. The van der Waals surface area contributed by atoms with Crippen LogP contribution in [0.2, 0.25) is 0 Å². The summed E-state index contributed by atoms with van der Waals surface area (Å²) in [6.45, 7) is 7.74. The molecule has 0 radical (unpaired) electrons. The Morgan fingerprint density at radius 2 is 1.70 bits per heavy atom. The van der Waals surface area contributed by atoms with Gasteiger partial charge in [-0.15, -0.1) is 0 Å². The Morgan fingerprint density at radius 1 is 1.02 bits per heavy atom. The molecule has 3 heterocycles. The van der Waals surface area contributed by atoms with Crippen molar-refractivity contribution in [3.63, 3.8) is 0 Å². The average molecular weight is 599 g/mol. The molecule has 1 atom stereocenters. The van der Waals surface area contributed by atoms with E-state index in [2.05, 4.69) is 9.56 Å². The number of rotatable bonds is 7. The van der Waals surface area contributed by atoms with Crippen molar-refractivity contribution in [1.29, 1.82) is 0 Å². The zero-order valence-corrected chi connectivity index (χ0v) is 26.1. The number of allylic oxidation sites excluding steroid dienone is 1. The van der Waals surface area contributed by atoms with Crippen molar-refractivity contribution in [2.24, 2.45) is 4.99 Å². The lowest BCUT2D eigenvalue weighted by Crippen LogP contribution is -2.40. The van der Waals surface area contributed by atoms with Gasteiger partial charge in [0.15, 0.2) is 4.80 Å². The molecular formula is C33H34N4O5S. The Kier molecular flexibility index (Phi) is 8.23. The fourth-order valence-corrected chi connectivity index (χ4v) is 6.44. The van der Waals surface area contributed by atoms with E-state index in [0.717, 1.165) is 33.9 Å². The molecule has 0 saturated carbocycles. The molecule has 4 aromatic rings. The minimum absolute atomic E-state index is 0.216. The molecular weight excluding hydrogens is 564 g/mol. The second-order valence-electron chi connectivity index (χ2n) is 10.5. The van der Waals surface area contributed by atoms with E-state index in [-0.39, 0.29) is 12.2 Å². The lowest BCUT2D eigenvalue weighted by molar-refractivity contribution is -0.139. The highest BCUT2D eigenvalue weighted by Crippen LogP contribution is 2.31. The van der Waals surface area contributed by atoms with Crippen LogP contribution in [-0.4, -0.2) is 48.9 Å². The summed E-state index contributed by atoms with van der Waals surface area (Å²) in [5.41, 5.74) is 6.61. The van der Waals surface area contributed by atoms with E-state index in [4.69, 9.17) is 9.47 Å². The molecule has 9 nitrogen and oxygen atoms in total. The van der Waals surface area contributed by atoms with E-state index in [0.29, 0.717) is 26.2 Å². The molecule has 0 bridgehead atoms. The predicted octanol–water partition coefficient (Wildman–Crippen LogP) is 4.06. The third kappa shape index (κ3) is 5.46. The smallest absolute Gasteiger partial charge is 0.338 e. The Balaban J connectivity index is 1.63. The van der Waals surface area contributed by atoms with Gasteiger partial charge in [-0.3, -0.25) is 9.36 Å². The number of thiazole rings is 1. The first kappa shape index (κ1) is 29.8. The highest BCUT2D eigenvalue weighted by molar-refractivity contribution is 7.07. The number of ether oxygens (including phenoxy) is 2. The van der Waals surface area contributed by atoms with Crippen LogP contribution in [0.25, 0.3) is 11.8 Å². The number of nitrogens with zero attached hydrogens (tertiary/aromatic N) is 4. The van der Waals surface area contributed by atoms with Gasteiger partial charge in [-0.1, -0.05) is 23.5 Å². The number of anilines is 1. The van der Waals surface area contributed by atoms with Crippen LogP contribution in [0.1, 0.15) is 52.8 Å². The van der Waals surface area contributed by atoms with Crippen molar-refractivity contribution < 1.29 is 19.1 Å². The molecule has 0 spiro atoms. The average Bonchev–Trinajstić information content (AvgIpc) is 3.45. The number of hydrogen-bond acceptors (Lipinski definition) is 8. The topological polar surface area (TPSA) is 95.1 Å². The summed E-state index contributed by atoms with van der Waals surface area (Å²) in [5.74, 6) is -0.877. The van der Waals surface area contributed by atoms with E-state index in [9.17, 15) is 14.4 Å². The number of carbonyl (C=O) groups excluding carboxylic acids is 2. The van der Waals surface area contributed by atoms with E-state index in [1.807, 2.05) is 81.4 Å². The second kappa shape index (κ2) is 11.9. The third-order valence-electron chi connectivity index (χ3n) is 7.55. The number of fused-ring (bicyclic) bond motifs is 1. The Morgan fingerprint density at radius 3 is 2.30 bits per heavy atom. The lowest BCUT2D eigenvalue weighted by Gasteiger charge is -2.25. The Hall–Kier alpha value is -4.70. The molecule has 0 fully saturated rings. The fourth-order valence-electron chi connectivity index (χ4n) is 5.40. The van der Waals surface area contributed by atoms with Crippen LogP contribution >= 0.6 is 11.3 Å². The van der Waals surface area contributed by atoms with Gasteiger partial charge < -0.3 is 18.9 Å². The van der Waals surface area contributed by atoms with Crippen molar-refractivity contribution in [3.8, 4) is 5.69 Å². The van der Waals surface area contributed by atoms with Gasteiger partial charge in [0, 0.05) is 36.9 Å². The maximum absolute atomic E-state index is 14.1. The number of aromatic nitrogens is 2. The summed E-state index contributed by atoms with van der Waals surface area (Å²) in [6, 6.07) is 16.4.